The summed E-state index contributed by atoms with van der Waals surface area (Å²) in [5.41, 5.74) is 0.591. The summed E-state index contributed by atoms with van der Waals surface area (Å²) >= 11 is 0. The number of urea groups is 1. The molecule has 2 N–H and O–H groups in total. The van der Waals surface area contributed by atoms with Crippen LogP contribution in [-0.2, 0) is 21.4 Å². The summed E-state index contributed by atoms with van der Waals surface area (Å²) in [5, 5.41) is 12.0. The Morgan fingerprint density at radius 2 is 1.92 bits per heavy atom. The minimum Gasteiger partial charge on any atom is -0.481 e. The molecule has 8 nitrogen and oxygen atoms in total. The number of rotatable bonds is 4. The van der Waals surface area contributed by atoms with Gasteiger partial charge in [-0.2, -0.15) is 0 Å². The fraction of sp³-hybridized carbons (Fsp3) is 0.529. The number of anilines is 1. The average molecular weight is 381 g/mol. The van der Waals surface area contributed by atoms with E-state index in [0.29, 0.717) is 38.2 Å². The Bertz CT molecular complexity index is 808. The number of benzene rings is 1. The summed E-state index contributed by atoms with van der Waals surface area (Å²) < 4.78 is 25.3. The lowest BCUT2D eigenvalue weighted by Gasteiger charge is -2.21. The highest BCUT2D eigenvalue weighted by Gasteiger charge is 2.42. The summed E-state index contributed by atoms with van der Waals surface area (Å²) in [7, 11) is -3.20. The van der Waals surface area contributed by atoms with Crippen molar-refractivity contribution in [3.05, 3.63) is 29.8 Å². The van der Waals surface area contributed by atoms with Crippen molar-refractivity contribution in [2.75, 3.05) is 29.7 Å². The van der Waals surface area contributed by atoms with Crippen molar-refractivity contribution in [3.8, 4) is 0 Å². The highest BCUT2D eigenvalue weighted by Crippen LogP contribution is 2.30. The van der Waals surface area contributed by atoms with E-state index in [2.05, 4.69) is 5.32 Å². The molecule has 1 unspecified atom stereocenters. The molecule has 1 aromatic rings. The number of amides is 2. The molecule has 3 rings (SSSR count). The molecule has 2 heterocycles. The van der Waals surface area contributed by atoms with Crippen LogP contribution < -0.4 is 9.62 Å². The van der Waals surface area contributed by atoms with Crippen molar-refractivity contribution in [1.29, 1.82) is 0 Å². The second kappa shape index (κ2) is 6.79. The maximum absolute atomic E-state index is 12.2. The van der Waals surface area contributed by atoms with Gasteiger partial charge in [-0.05, 0) is 37.5 Å². The van der Waals surface area contributed by atoms with Gasteiger partial charge in [0.05, 0.1) is 16.9 Å². The molecule has 0 radical (unpaired) electrons. The van der Waals surface area contributed by atoms with Gasteiger partial charge < -0.3 is 15.3 Å². The van der Waals surface area contributed by atoms with Crippen molar-refractivity contribution in [2.45, 2.75) is 26.3 Å². The second-order valence-electron chi connectivity index (χ2n) is 7.10. The van der Waals surface area contributed by atoms with Crippen molar-refractivity contribution < 1.29 is 23.1 Å². The molecule has 2 amide bonds. The van der Waals surface area contributed by atoms with E-state index in [4.69, 9.17) is 0 Å². The fourth-order valence-corrected chi connectivity index (χ4v) is 4.87. The van der Waals surface area contributed by atoms with Gasteiger partial charge in [0.1, 0.15) is 0 Å². The van der Waals surface area contributed by atoms with Gasteiger partial charge in [0.25, 0.3) is 0 Å². The molecule has 26 heavy (non-hydrogen) atoms. The molecule has 2 aliphatic heterocycles. The first kappa shape index (κ1) is 18.5. The van der Waals surface area contributed by atoms with Crippen LogP contribution in [0, 0.1) is 5.41 Å². The Morgan fingerprint density at radius 3 is 2.46 bits per heavy atom. The van der Waals surface area contributed by atoms with Crippen molar-refractivity contribution in [3.63, 3.8) is 0 Å². The fourth-order valence-electron chi connectivity index (χ4n) is 3.31. The van der Waals surface area contributed by atoms with Crippen LogP contribution in [0.1, 0.15) is 25.3 Å². The van der Waals surface area contributed by atoms with E-state index in [-0.39, 0.29) is 18.3 Å². The average Bonchev–Trinajstić information content (AvgIpc) is 3.16. The van der Waals surface area contributed by atoms with Crippen LogP contribution in [0.2, 0.25) is 0 Å². The molecule has 1 atom stereocenters. The SMILES string of the molecule is CC1(C(=O)O)CCN(C(=O)NCc2ccc(N3CCCS3(=O)=O)cc2)C1. The highest BCUT2D eigenvalue weighted by atomic mass is 32.2. The second-order valence-corrected chi connectivity index (χ2v) is 9.12. The topological polar surface area (TPSA) is 107 Å². The predicted octanol–water partition coefficient (Wildman–Crippen LogP) is 1.23. The van der Waals surface area contributed by atoms with Gasteiger partial charge in [-0.3, -0.25) is 9.10 Å². The maximum Gasteiger partial charge on any atom is 0.317 e. The van der Waals surface area contributed by atoms with Gasteiger partial charge >= 0.3 is 12.0 Å². The third kappa shape index (κ3) is 3.62. The Morgan fingerprint density at radius 1 is 1.23 bits per heavy atom. The molecule has 0 saturated carbocycles. The number of hydrogen-bond acceptors (Lipinski definition) is 4. The third-order valence-electron chi connectivity index (χ3n) is 5.04. The Labute approximate surface area is 152 Å². The Balaban J connectivity index is 1.56. The minimum absolute atomic E-state index is 0.176. The zero-order valence-electron chi connectivity index (χ0n) is 14.6. The quantitative estimate of drug-likeness (QED) is 0.816. The smallest absolute Gasteiger partial charge is 0.317 e. The first-order valence-corrected chi connectivity index (χ1v) is 10.2. The molecular weight excluding hydrogens is 358 g/mol. The Hall–Kier alpha value is -2.29. The van der Waals surface area contributed by atoms with Crippen LogP contribution in [0.3, 0.4) is 0 Å². The number of sulfonamides is 1. The van der Waals surface area contributed by atoms with Gasteiger partial charge in [-0.15, -0.1) is 0 Å². The number of carboxylic acids is 1. The van der Waals surface area contributed by atoms with Gasteiger partial charge in [0.2, 0.25) is 10.0 Å². The summed E-state index contributed by atoms with van der Waals surface area (Å²) in [6, 6.07) is 6.76. The van der Waals surface area contributed by atoms with Crippen LogP contribution >= 0.6 is 0 Å². The zero-order chi connectivity index (χ0) is 18.9. The molecule has 0 aliphatic carbocycles. The molecule has 0 bridgehead atoms. The highest BCUT2D eigenvalue weighted by molar-refractivity contribution is 7.93. The van der Waals surface area contributed by atoms with Crippen LogP contribution in [0.5, 0.6) is 0 Å². The molecule has 0 spiro atoms. The van der Waals surface area contributed by atoms with E-state index in [0.717, 1.165) is 5.56 Å². The van der Waals surface area contributed by atoms with Crippen LogP contribution in [0.15, 0.2) is 24.3 Å². The Kier molecular flexibility index (Phi) is 4.83. The predicted molar refractivity (Wildman–Crippen MR) is 96.4 cm³/mol. The lowest BCUT2D eigenvalue weighted by atomic mass is 9.90. The standard InChI is InChI=1S/C17H23N3O5S/c1-17(15(21)22)7-9-19(12-17)16(23)18-11-13-3-5-14(6-4-13)20-8-2-10-26(20,24)25/h3-6H,2,7-12H2,1H3,(H,18,23)(H,21,22). The largest absolute Gasteiger partial charge is 0.481 e. The summed E-state index contributed by atoms with van der Waals surface area (Å²) in [6.45, 7) is 3.05. The summed E-state index contributed by atoms with van der Waals surface area (Å²) in [5.74, 6) is -0.712. The van der Waals surface area contributed by atoms with E-state index < -0.39 is 21.4 Å². The molecule has 2 saturated heterocycles. The van der Waals surface area contributed by atoms with E-state index in [1.165, 1.54) is 9.21 Å². The molecule has 2 fully saturated rings. The molecular formula is C17H23N3O5S. The monoisotopic (exact) mass is 381 g/mol. The molecule has 2 aliphatic rings. The molecule has 1 aromatic carbocycles. The van der Waals surface area contributed by atoms with Crippen LogP contribution in [-0.4, -0.2) is 55.8 Å². The number of carbonyl (C=O) groups excluding carboxylic acids is 1. The lowest BCUT2D eigenvalue weighted by Crippen LogP contribution is -2.40. The van der Waals surface area contributed by atoms with E-state index in [1.54, 1.807) is 31.2 Å². The first-order valence-electron chi connectivity index (χ1n) is 8.57. The third-order valence-corrected chi connectivity index (χ3v) is 6.91. The number of nitrogens with one attached hydrogen (secondary N) is 1. The number of hydrogen-bond donors (Lipinski definition) is 2. The molecule has 142 valence electrons. The summed E-state index contributed by atoms with van der Waals surface area (Å²) in [4.78, 5) is 25.0. The first-order chi connectivity index (χ1) is 12.2. The van der Waals surface area contributed by atoms with Crippen molar-refractivity contribution >= 4 is 27.7 Å². The number of aliphatic carboxylic acids is 1. The number of likely N-dealkylation sites (tertiary alicyclic amines) is 1. The van der Waals surface area contributed by atoms with Crippen LogP contribution in [0.25, 0.3) is 0 Å². The number of carboxylic acid groups (broad SMARTS) is 1. The maximum atomic E-state index is 12.2. The van der Waals surface area contributed by atoms with E-state index >= 15 is 0 Å². The van der Waals surface area contributed by atoms with Gasteiger partial charge in [0, 0.05) is 26.2 Å². The summed E-state index contributed by atoms with van der Waals surface area (Å²) in [6.07, 6.45) is 1.07. The molecule has 0 aromatic heterocycles. The van der Waals surface area contributed by atoms with Crippen molar-refractivity contribution in [1.82, 2.24) is 10.2 Å². The normalized spacial score (nSPS) is 24.7. The van der Waals surface area contributed by atoms with Gasteiger partial charge in [0.15, 0.2) is 0 Å². The van der Waals surface area contributed by atoms with Gasteiger partial charge in [-0.1, -0.05) is 12.1 Å². The van der Waals surface area contributed by atoms with Crippen LogP contribution in [0.4, 0.5) is 10.5 Å². The minimum atomic E-state index is -3.20. The molecule has 9 heteroatoms. The van der Waals surface area contributed by atoms with Crippen molar-refractivity contribution in [2.24, 2.45) is 5.41 Å². The number of nitrogens with zero attached hydrogens (tertiary/aromatic N) is 2. The van der Waals surface area contributed by atoms with Gasteiger partial charge in [-0.25, -0.2) is 13.2 Å². The lowest BCUT2D eigenvalue weighted by molar-refractivity contribution is -0.147. The van der Waals surface area contributed by atoms with E-state index in [1.807, 2.05) is 0 Å². The zero-order valence-corrected chi connectivity index (χ0v) is 15.5. The van der Waals surface area contributed by atoms with E-state index in [9.17, 15) is 23.1 Å². The number of carbonyl (C=O) groups is 2.